The van der Waals surface area contributed by atoms with E-state index in [1.807, 2.05) is 6.92 Å². The first-order chi connectivity index (χ1) is 8.20. The third-order valence-electron chi connectivity index (χ3n) is 3.38. The van der Waals surface area contributed by atoms with Crippen molar-refractivity contribution >= 4 is 9.84 Å². The van der Waals surface area contributed by atoms with E-state index in [1.165, 1.54) is 12.6 Å². The molecule has 1 heterocycles. The minimum absolute atomic E-state index is 0.403. The van der Waals surface area contributed by atoms with Crippen molar-refractivity contribution in [3.05, 3.63) is 12.2 Å². The molecule has 0 saturated heterocycles. The third kappa shape index (κ3) is 3.08. The summed E-state index contributed by atoms with van der Waals surface area (Å²) >= 11 is 0. The van der Waals surface area contributed by atoms with Gasteiger partial charge in [-0.15, -0.1) is 0 Å². The SMILES string of the molecule is CCCn1ncnc1CC(N)C(C)(C)S(C)(=O)=O. The molecule has 1 aromatic rings. The number of aromatic nitrogens is 3. The van der Waals surface area contributed by atoms with Crippen LogP contribution in [0.4, 0.5) is 0 Å². The fraction of sp³-hybridized carbons (Fsp3) is 0.818. The van der Waals surface area contributed by atoms with Gasteiger partial charge in [-0.05, 0) is 20.3 Å². The Labute approximate surface area is 109 Å². The molecule has 0 bridgehead atoms. The normalized spacial score (nSPS) is 14.7. The zero-order chi connectivity index (χ0) is 14.0. The largest absolute Gasteiger partial charge is 0.326 e. The summed E-state index contributed by atoms with van der Waals surface area (Å²) in [6, 6.07) is -0.507. The predicted octanol–water partition coefficient (Wildman–Crippen LogP) is 0.381. The summed E-state index contributed by atoms with van der Waals surface area (Å²) in [6.07, 6.45) is 4.04. The van der Waals surface area contributed by atoms with E-state index in [-0.39, 0.29) is 0 Å². The molecule has 0 aromatic carbocycles. The highest BCUT2D eigenvalue weighted by Crippen LogP contribution is 2.21. The maximum absolute atomic E-state index is 11.7. The number of hydrogen-bond acceptors (Lipinski definition) is 5. The summed E-state index contributed by atoms with van der Waals surface area (Å²) in [7, 11) is -3.21. The van der Waals surface area contributed by atoms with E-state index >= 15 is 0 Å². The second kappa shape index (κ2) is 5.36. The van der Waals surface area contributed by atoms with Crippen LogP contribution in [0.5, 0.6) is 0 Å². The molecule has 18 heavy (non-hydrogen) atoms. The molecule has 0 amide bonds. The summed E-state index contributed by atoms with van der Waals surface area (Å²) in [6.45, 7) is 6.11. The average molecular weight is 274 g/mol. The molecule has 6 nitrogen and oxygen atoms in total. The fourth-order valence-electron chi connectivity index (χ4n) is 1.56. The maximum atomic E-state index is 11.7. The Morgan fingerprint density at radius 3 is 2.61 bits per heavy atom. The molecule has 7 heteroatoms. The van der Waals surface area contributed by atoms with Crippen molar-refractivity contribution in [2.24, 2.45) is 5.73 Å². The van der Waals surface area contributed by atoms with Gasteiger partial charge >= 0.3 is 0 Å². The molecule has 104 valence electrons. The van der Waals surface area contributed by atoms with Crippen LogP contribution >= 0.6 is 0 Å². The molecular weight excluding hydrogens is 252 g/mol. The lowest BCUT2D eigenvalue weighted by Crippen LogP contribution is -2.50. The van der Waals surface area contributed by atoms with Crippen LogP contribution in [0, 0.1) is 0 Å². The van der Waals surface area contributed by atoms with Gasteiger partial charge in [-0.2, -0.15) is 5.10 Å². The van der Waals surface area contributed by atoms with Crippen LogP contribution in [0.15, 0.2) is 6.33 Å². The lowest BCUT2D eigenvalue weighted by Gasteiger charge is -2.29. The van der Waals surface area contributed by atoms with Crippen molar-refractivity contribution in [1.29, 1.82) is 0 Å². The highest BCUT2D eigenvalue weighted by atomic mass is 32.2. The van der Waals surface area contributed by atoms with Crippen LogP contribution in [0.3, 0.4) is 0 Å². The molecule has 0 fully saturated rings. The Morgan fingerprint density at radius 1 is 1.50 bits per heavy atom. The van der Waals surface area contributed by atoms with E-state index in [1.54, 1.807) is 18.5 Å². The molecule has 1 atom stereocenters. The average Bonchev–Trinajstić information content (AvgIpc) is 2.64. The standard InChI is InChI=1S/C11H22N4O2S/c1-5-6-15-10(13-8-14-15)7-9(12)11(2,3)18(4,16)17/h8-9H,5-7,12H2,1-4H3. The van der Waals surface area contributed by atoms with Gasteiger partial charge in [-0.1, -0.05) is 6.92 Å². The van der Waals surface area contributed by atoms with Crippen LogP contribution in [0.2, 0.25) is 0 Å². The number of sulfone groups is 1. The predicted molar refractivity (Wildman–Crippen MR) is 70.9 cm³/mol. The number of rotatable bonds is 6. The number of nitrogens with zero attached hydrogens (tertiary/aromatic N) is 3. The van der Waals surface area contributed by atoms with Gasteiger partial charge in [0, 0.05) is 25.3 Å². The van der Waals surface area contributed by atoms with Gasteiger partial charge in [0.1, 0.15) is 12.2 Å². The zero-order valence-corrected chi connectivity index (χ0v) is 12.2. The van der Waals surface area contributed by atoms with Crippen LogP contribution < -0.4 is 5.73 Å². The van der Waals surface area contributed by atoms with Crippen LogP contribution in [0.1, 0.15) is 33.0 Å². The Hall–Kier alpha value is -0.950. The topological polar surface area (TPSA) is 90.9 Å². The van der Waals surface area contributed by atoms with Crippen molar-refractivity contribution < 1.29 is 8.42 Å². The van der Waals surface area contributed by atoms with Crippen molar-refractivity contribution in [2.45, 2.75) is 50.9 Å². The number of nitrogens with two attached hydrogens (primary N) is 1. The monoisotopic (exact) mass is 274 g/mol. The molecule has 0 saturated carbocycles. The molecule has 1 rings (SSSR count). The summed E-state index contributed by atoms with van der Waals surface area (Å²) in [5.74, 6) is 0.737. The summed E-state index contributed by atoms with van der Waals surface area (Å²) in [4.78, 5) is 4.15. The lowest BCUT2D eigenvalue weighted by atomic mass is 10.0. The van der Waals surface area contributed by atoms with Gasteiger partial charge in [0.2, 0.25) is 0 Å². The molecule has 0 aliphatic carbocycles. The van der Waals surface area contributed by atoms with Gasteiger partial charge in [-0.3, -0.25) is 4.68 Å². The van der Waals surface area contributed by atoms with E-state index in [4.69, 9.17) is 5.73 Å². The summed E-state index contributed by atoms with van der Waals surface area (Å²) in [5, 5.41) is 4.10. The summed E-state index contributed by atoms with van der Waals surface area (Å²) in [5.41, 5.74) is 6.03. The Kier molecular flexibility index (Phi) is 4.50. The summed E-state index contributed by atoms with van der Waals surface area (Å²) < 4.78 is 24.2. The van der Waals surface area contributed by atoms with Gasteiger partial charge in [0.15, 0.2) is 9.84 Å². The molecular formula is C11H22N4O2S. The third-order valence-corrected chi connectivity index (χ3v) is 5.60. The smallest absolute Gasteiger partial charge is 0.154 e. The minimum Gasteiger partial charge on any atom is -0.326 e. The van der Waals surface area contributed by atoms with E-state index in [9.17, 15) is 8.42 Å². The quantitative estimate of drug-likeness (QED) is 0.810. The van der Waals surface area contributed by atoms with E-state index in [0.717, 1.165) is 18.8 Å². The van der Waals surface area contributed by atoms with E-state index in [2.05, 4.69) is 10.1 Å². The minimum atomic E-state index is -3.21. The molecule has 1 aromatic heterocycles. The Bertz CT molecular complexity index is 493. The Morgan fingerprint density at radius 2 is 2.11 bits per heavy atom. The first kappa shape index (κ1) is 15.1. The molecule has 1 unspecified atom stereocenters. The van der Waals surface area contributed by atoms with E-state index < -0.39 is 20.6 Å². The van der Waals surface area contributed by atoms with E-state index in [0.29, 0.717) is 6.42 Å². The maximum Gasteiger partial charge on any atom is 0.154 e. The molecule has 2 N–H and O–H groups in total. The number of hydrogen-bond donors (Lipinski definition) is 1. The number of aryl methyl sites for hydroxylation is 1. The second-order valence-electron chi connectivity index (χ2n) is 5.09. The van der Waals surface area contributed by atoms with Crippen molar-refractivity contribution in [3.8, 4) is 0 Å². The zero-order valence-electron chi connectivity index (χ0n) is 11.4. The molecule has 0 aliphatic rings. The molecule has 0 aliphatic heterocycles. The van der Waals surface area contributed by atoms with Gasteiger partial charge in [-0.25, -0.2) is 13.4 Å². The van der Waals surface area contributed by atoms with Crippen molar-refractivity contribution in [3.63, 3.8) is 0 Å². The van der Waals surface area contributed by atoms with Crippen molar-refractivity contribution in [1.82, 2.24) is 14.8 Å². The lowest BCUT2D eigenvalue weighted by molar-refractivity contribution is 0.461. The van der Waals surface area contributed by atoms with Gasteiger partial charge < -0.3 is 5.73 Å². The Balaban J connectivity index is 2.88. The second-order valence-corrected chi connectivity index (χ2v) is 7.68. The van der Waals surface area contributed by atoms with Crippen molar-refractivity contribution in [2.75, 3.05) is 6.26 Å². The van der Waals surface area contributed by atoms with Crippen LogP contribution in [0.25, 0.3) is 0 Å². The van der Waals surface area contributed by atoms with Gasteiger partial charge in [0.25, 0.3) is 0 Å². The van der Waals surface area contributed by atoms with Crippen LogP contribution in [-0.2, 0) is 22.8 Å². The first-order valence-corrected chi connectivity index (χ1v) is 7.91. The fourth-order valence-corrected chi connectivity index (χ4v) is 2.20. The highest BCUT2D eigenvalue weighted by molar-refractivity contribution is 7.92. The first-order valence-electron chi connectivity index (χ1n) is 6.02. The molecule has 0 radical (unpaired) electrons. The van der Waals surface area contributed by atoms with Gasteiger partial charge in [0.05, 0.1) is 4.75 Å². The van der Waals surface area contributed by atoms with Crippen LogP contribution in [-0.4, -0.2) is 40.2 Å². The molecule has 0 spiro atoms. The highest BCUT2D eigenvalue weighted by Gasteiger charge is 2.37.